The highest BCUT2D eigenvalue weighted by Crippen LogP contribution is 2.33. The summed E-state index contributed by atoms with van der Waals surface area (Å²) in [5.74, 6) is -1.52. The normalized spacial score (nSPS) is 12.1. The van der Waals surface area contributed by atoms with E-state index in [9.17, 15) is 9.59 Å². The third-order valence-electron chi connectivity index (χ3n) is 3.97. The molecule has 0 aliphatic carbocycles. The molecule has 1 atom stereocenters. The summed E-state index contributed by atoms with van der Waals surface area (Å²) in [4.78, 5) is 29.4. The van der Waals surface area contributed by atoms with Crippen LogP contribution in [0.5, 0.6) is 0 Å². The number of carbonyl (C=O) groups is 2. The largest absolute Gasteiger partial charge is 0.463 e. The molecule has 5 nitrogen and oxygen atoms in total. The molecule has 0 amide bonds. The molecule has 29 heavy (non-hydrogen) atoms. The van der Waals surface area contributed by atoms with E-state index in [-0.39, 0.29) is 0 Å². The molecule has 0 aliphatic heterocycles. The molecule has 0 saturated heterocycles. The van der Waals surface area contributed by atoms with Gasteiger partial charge in [-0.25, -0.2) is 9.79 Å². The van der Waals surface area contributed by atoms with Crippen molar-refractivity contribution in [3.63, 3.8) is 0 Å². The minimum Gasteiger partial charge on any atom is -0.463 e. The van der Waals surface area contributed by atoms with Crippen LogP contribution in [0.25, 0.3) is 0 Å². The van der Waals surface area contributed by atoms with Crippen molar-refractivity contribution in [2.75, 3.05) is 12.4 Å². The lowest BCUT2D eigenvalue weighted by Crippen LogP contribution is -2.24. The van der Waals surface area contributed by atoms with Gasteiger partial charge < -0.3 is 10.1 Å². The SMILES string of the molecule is COC(=O)C(=O)[C@H](SC(=Nc1ccccc1)Nc1ccccc1)c1ccccc1. The number of rotatable bonds is 6. The number of methoxy groups -OCH3 is 1. The first kappa shape index (κ1) is 20.4. The Labute approximate surface area is 173 Å². The number of hydrogen-bond donors (Lipinski definition) is 1. The van der Waals surface area contributed by atoms with E-state index < -0.39 is 17.0 Å². The van der Waals surface area contributed by atoms with Crippen molar-refractivity contribution in [1.29, 1.82) is 0 Å². The molecule has 6 heteroatoms. The van der Waals surface area contributed by atoms with Gasteiger partial charge in [-0.1, -0.05) is 78.5 Å². The van der Waals surface area contributed by atoms with E-state index in [0.717, 1.165) is 11.4 Å². The fourth-order valence-corrected chi connectivity index (χ4v) is 3.62. The van der Waals surface area contributed by atoms with Crippen LogP contribution in [0.4, 0.5) is 11.4 Å². The quantitative estimate of drug-likeness (QED) is 0.271. The lowest BCUT2D eigenvalue weighted by molar-refractivity contribution is -0.151. The Bertz CT molecular complexity index is 977. The van der Waals surface area contributed by atoms with E-state index in [4.69, 9.17) is 0 Å². The number of ether oxygens (including phenoxy) is 1. The summed E-state index contributed by atoms with van der Waals surface area (Å²) >= 11 is 1.17. The predicted octanol–water partition coefficient (Wildman–Crippen LogP) is 5.00. The van der Waals surface area contributed by atoms with Gasteiger partial charge in [-0.2, -0.15) is 0 Å². The van der Waals surface area contributed by atoms with E-state index in [1.54, 1.807) is 12.1 Å². The van der Waals surface area contributed by atoms with Crippen molar-refractivity contribution in [3.05, 3.63) is 96.6 Å². The van der Waals surface area contributed by atoms with Gasteiger partial charge in [0.15, 0.2) is 5.17 Å². The Kier molecular flexibility index (Phi) is 7.19. The first-order valence-corrected chi connectivity index (χ1v) is 9.85. The molecule has 0 radical (unpaired) electrons. The third kappa shape index (κ3) is 5.80. The highest BCUT2D eigenvalue weighted by atomic mass is 32.2. The highest BCUT2D eigenvalue weighted by molar-refractivity contribution is 8.15. The Balaban J connectivity index is 1.97. The molecule has 0 fully saturated rings. The zero-order chi connectivity index (χ0) is 20.5. The van der Waals surface area contributed by atoms with Crippen LogP contribution in [-0.2, 0) is 14.3 Å². The van der Waals surface area contributed by atoms with Gasteiger partial charge in [-0.15, -0.1) is 0 Å². The van der Waals surface area contributed by atoms with Crippen LogP contribution in [0.3, 0.4) is 0 Å². The molecular weight excluding hydrogens is 384 g/mol. The number of aliphatic imine (C=N–C) groups is 1. The average Bonchev–Trinajstić information content (AvgIpc) is 2.78. The minimum atomic E-state index is -0.884. The second kappa shape index (κ2) is 10.2. The van der Waals surface area contributed by atoms with Gasteiger partial charge in [0.2, 0.25) is 0 Å². The smallest absolute Gasteiger partial charge is 0.375 e. The van der Waals surface area contributed by atoms with Crippen LogP contribution in [0.2, 0.25) is 0 Å². The van der Waals surface area contributed by atoms with Crippen LogP contribution in [-0.4, -0.2) is 24.0 Å². The number of nitrogens with one attached hydrogen (secondary N) is 1. The summed E-state index contributed by atoms with van der Waals surface area (Å²) in [6.45, 7) is 0. The maximum atomic E-state index is 12.7. The van der Waals surface area contributed by atoms with Crippen molar-refractivity contribution in [2.45, 2.75) is 5.25 Å². The molecule has 0 aliphatic rings. The molecule has 0 saturated carbocycles. The van der Waals surface area contributed by atoms with Crippen LogP contribution in [0, 0.1) is 0 Å². The van der Waals surface area contributed by atoms with Crippen molar-refractivity contribution < 1.29 is 14.3 Å². The predicted molar refractivity (Wildman–Crippen MR) is 117 cm³/mol. The summed E-state index contributed by atoms with van der Waals surface area (Å²) < 4.78 is 4.67. The topological polar surface area (TPSA) is 67.8 Å². The number of thioether (sulfide) groups is 1. The fourth-order valence-electron chi connectivity index (χ4n) is 2.57. The Morgan fingerprint density at radius 3 is 2.00 bits per heavy atom. The van der Waals surface area contributed by atoms with Gasteiger partial charge in [-0.05, 0) is 29.8 Å². The van der Waals surface area contributed by atoms with Gasteiger partial charge >= 0.3 is 5.97 Å². The maximum absolute atomic E-state index is 12.7. The Morgan fingerprint density at radius 2 is 1.41 bits per heavy atom. The standard InChI is InChI=1S/C23H20N2O3S/c1-28-22(27)20(26)21(17-11-5-2-6-12-17)29-23(24-18-13-7-3-8-14-18)25-19-15-9-4-10-16-19/h2-16,21H,1H3,(H,24,25)/t21-/m1/s1. The number of carbonyl (C=O) groups excluding carboxylic acids is 2. The number of esters is 1. The number of benzene rings is 3. The van der Waals surface area contributed by atoms with Crippen LogP contribution >= 0.6 is 11.8 Å². The second-order valence-electron chi connectivity index (χ2n) is 6.01. The zero-order valence-electron chi connectivity index (χ0n) is 15.8. The van der Waals surface area contributed by atoms with Crippen molar-refractivity contribution >= 4 is 40.1 Å². The van der Waals surface area contributed by atoms with Gasteiger partial charge in [0, 0.05) is 5.69 Å². The van der Waals surface area contributed by atoms with Crippen molar-refractivity contribution in [3.8, 4) is 0 Å². The molecular formula is C23H20N2O3S. The van der Waals surface area contributed by atoms with E-state index >= 15 is 0 Å². The minimum absolute atomic E-state index is 0.494. The molecule has 0 heterocycles. The van der Waals surface area contributed by atoms with Crippen molar-refractivity contribution in [2.24, 2.45) is 4.99 Å². The third-order valence-corrected chi connectivity index (χ3v) is 5.11. The number of para-hydroxylation sites is 2. The average molecular weight is 404 g/mol. The van der Waals surface area contributed by atoms with Crippen LogP contribution in [0.15, 0.2) is 96.0 Å². The number of nitrogens with zero attached hydrogens (tertiary/aromatic N) is 1. The monoisotopic (exact) mass is 404 g/mol. The molecule has 146 valence electrons. The van der Waals surface area contributed by atoms with Gasteiger partial charge in [0.05, 0.1) is 12.8 Å². The lowest BCUT2D eigenvalue weighted by Gasteiger charge is -2.17. The van der Waals surface area contributed by atoms with Crippen LogP contribution in [0.1, 0.15) is 10.8 Å². The van der Waals surface area contributed by atoms with Crippen molar-refractivity contribution in [1.82, 2.24) is 0 Å². The second-order valence-corrected chi connectivity index (χ2v) is 7.10. The van der Waals surface area contributed by atoms with E-state index in [1.807, 2.05) is 78.9 Å². The van der Waals surface area contributed by atoms with E-state index in [2.05, 4.69) is 15.0 Å². The number of hydrogen-bond acceptors (Lipinski definition) is 5. The molecule has 3 aromatic rings. The molecule has 0 aromatic heterocycles. The van der Waals surface area contributed by atoms with Gasteiger partial charge in [-0.3, -0.25) is 4.79 Å². The highest BCUT2D eigenvalue weighted by Gasteiger charge is 2.30. The molecule has 3 rings (SSSR count). The number of ketones is 1. The maximum Gasteiger partial charge on any atom is 0.375 e. The summed E-state index contributed by atoms with van der Waals surface area (Å²) in [7, 11) is 1.20. The fraction of sp³-hybridized carbons (Fsp3) is 0.0870. The summed E-state index contributed by atoms with van der Waals surface area (Å²) in [6.07, 6.45) is 0. The van der Waals surface area contributed by atoms with E-state index in [0.29, 0.717) is 10.7 Å². The molecule has 1 N–H and O–H groups in total. The summed E-state index contributed by atoms with van der Waals surface area (Å²) in [5.41, 5.74) is 2.26. The van der Waals surface area contributed by atoms with Crippen LogP contribution < -0.4 is 5.32 Å². The first-order chi connectivity index (χ1) is 14.2. The molecule has 3 aromatic carbocycles. The molecule has 0 unspecified atom stereocenters. The molecule has 0 spiro atoms. The summed E-state index contributed by atoms with van der Waals surface area (Å²) in [6, 6.07) is 28.1. The zero-order valence-corrected chi connectivity index (χ0v) is 16.6. The number of amidine groups is 1. The number of Topliss-reactive ketones (excluding diaryl/α,β-unsaturated/α-hetero) is 1. The number of anilines is 1. The Hall–Kier alpha value is -3.38. The lowest BCUT2D eigenvalue weighted by atomic mass is 10.1. The van der Waals surface area contributed by atoms with E-state index in [1.165, 1.54) is 18.9 Å². The van der Waals surface area contributed by atoms with Gasteiger partial charge in [0.1, 0.15) is 5.25 Å². The Morgan fingerprint density at radius 1 is 0.862 bits per heavy atom. The molecule has 0 bridgehead atoms. The first-order valence-electron chi connectivity index (χ1n) is 8.97. The van der Waals surface area contributed by atoms with Gasteiger partial charge in [0.25, 0.3) is 5.78 Å². The summed E-state index contributed by atoms with van der Waals surface area (Å²) in [5, 5.41) is 2.95.